The first-order chi connectivity index (χ1) is 5.48. The van der Waals surface area contributed by atoms with Crippen molar-refractivity contribution in [2.24, 2.45) is 17.1 Å². The molecule has 0 spiro atoms. The lowest BCUT2D eigenvalue weighted by Crippen LogP contribution is -2.59. The maximum atomic E-state index is 10.8. The van der Waals surface area contributed by atoms with E-state index in [-0.39, 0.29) is 11.3 Å². The van der Waals surface area contributed by atoms with Gasteiger partial charge in [-0.3, -0.25) is 4.79 Å². The molecule has 3 heteroatoms. The van der Waals surface area contributed by atoms with E-state index in [1.165, 1.54) is 0 Å². The molecule has 0 aromatic heterocycles. The number of nitrogens with one attached hydrogen (secondary N) is 1. The van der Waals surface area contributed by atoms with E-state index in [1.807, 2.05) is 0 Å². The van der Waals surface area contributed by atoms with Crippen molar-refractivity contribution in [1.82, 2.24) is 5.32 Å². The van der Waals surface area contributed by atoms with Crippen LogP contribution in [-0.2, 0) is 4.79 Å². The van der Waals surface area contributed by atoms with Crippen molar-refractivity contribution in [3.8, 4) is 0 Å². The lowest BCUT2D eigenvalue weighted by atomic mass is 9.58. The Morgan fingerprint density at radius 1 is 1.67 bits per heavy atom. The molecule has 0 aliphatic heterocycles. The average molecular weight is 170 g/mol. The Labute approximate surface area is 73.7 Å². The summed E-state index contributed by atoms with van der Waals surface area (Å²) in [6, 6.07) is 0.323. The van der Waals surface area contributed by atoms with Gasteiger partial charge in [0.15, 0.2) is 0 Å². The van der Waals surface area contributed by atoms with E-state index in [2.05, 4.69) is 19.2 Å². The molecule has 0 aromatic carbocycles. The van der Waals surface area contributed by atoms with Crippen molar-refractivity contribution >= 4 is 5.91 Å². The fourth-order valence-electron chi connectivity index (χ4n) is 1.91. The summed E-state index contributed by atoms with van der Waals surface area (Å²) >= 11 is 0. The molecule has 1 amide bonds. The van der Waals surface area contributed by atoms with Crippen molar-refractivity contribution in [2.45, 2.75) is 33.2 Å². The molecule has 0 radical (unpaired) electrons. The van der Waals surface area contributed by atoms with E-state index in [9.17, 15) is 4.79 Å². The second-order valence-electron chi connectivity index (χ2n) is 4.24. The lowest BCUT2D eigenvalue weighted by molar-refractivity contribution is -0.123. The lowest BCUT2D eigenvalue weighted by Gasteiger charge is -2.52. The van der Waals surface area contributed by atoms with E-state index in [4.69, 9.17) is 5.73 Å². The quantitative estimate of drug-likeness (QED) is 0.634. The average Bonchev–Trinajstić information content (AvgIpc) is 1.96. The van der Waals surface area contributed by atoms with Crippen LogP contribution in [0.15, 0.2) is 0 Å². The van der Waals surface area contributed by atoms with Crippen LogP contribution >= 0.6 is 0 Å². The van der Waals surface area contributed by atoms with Gasteiger partial charge in [0.25, 0.3) is 0 Å². The van der Waals surface area contributed by atoms with Gasteiger partial charge in [-0.25, -0.2) is 0 Å². The standard InChI is InChI=1S/C9H18N2O/c1-6(12)11-8-4-7(5-10)9(8,2)3/h7-8H,4-5,10H2,1-3H3,(H,11,12)/t7-,8-/m1/s1. The Morgan fingerprint density at radius 3 is 2.58 bits per heavy atom. The van der Waals surface area contributed by atoms with Crippen LogP contribution in [-0.4, -0.2) is 18.5 Å². The zero-order valence-electron chi connectivity index (χ0n) is 8.05. The molecule has 0 saturated heterocycles. The largest absolute Gasteiger partial charge is 0.353 e. The summed E-state index contributed by atoms with van der Waals surface area (Å²) in [7, 11) is 0. The Hall–Kier alpha value is -0.570. The maximum Gasteiger partial charge on any atom is 0.217 e. The number of carbonyl (C=O) groups is 1. The molecule has 1 aliphatic rings. The number of carbonyl (C=O) groups excluding carboxylic acids is 1. The minimum atomic E-state index is 0.0588. The molecule has 70 valence electrons. The second-order valence-corrected chi connectivity index (χ2v) is 4.24. The molecular weight excluding hydrogens is 152 g/mol. The molecule has 12 heavy (non-hydrogen) atoms. The summed E-state index contributed by atoms with van der Waals surface area (Å²) < 4.78 is 0. The summed E-state index contributed by atoms with van der Waals surface area (Å²) in [6.07, 6.45) is 1.03. The Kier molecular flexibility index (Phi) is 2.42. The van der Waals surface area contributed by atoms with Crippen LogP contribution in [0.2, 0.25) is 0 Å². The van der Waals surface area contributed by atoms with Gasteiger partial charge >= 0.3 is 0 Å². The Morgan fingerprint density at radius 2 is 2.25 bits per heavy atom. The highest BCUT2D eigenvalue weighted by Crippen LogP contribution is 2.45. The molecule has 1 saturated carbocycles. The van der Waals surface area contributed by atoms with Gasteiger partial charge < -0.3 is 11.1 Å². The van der Waals surface area contributed by atoms with Gasteiger partial charge in [-0.05, 0) is 24.3 Å². The summed E-state index contributed by atoms with van der Waals surface area (Å²) in [5, 5.41) is 2.94. The molecular formula is C9H18N2O. The molecule has 2 atom stereocenters. The number of nitrogens with two attached hydrogens (primary N) is 1. The highest BCUT2D eigenvalue weighted by Gasteiger charge is 2.47. The SMILES string of the molecule is CC(=O)N[C@@H]1C[C@H](CN)C1(C)C. The van der Waals surface area contributed by atoms with Crippen molar-refractivity contribution in [3.05, 3.63) is 0 Å². The normalized spacial score (nSPS) is 32.3. The van der Waals surface area contributed by atoms with E-state index in [1.54, 1.807) is 6.92 Å². The predicted molar refractivity (Wildman–Crippen MR) is 48.5 cm³/mol. The smallest absolute Gasteiger partial charge is 0.217 e. The van der Waals surface area contributed by atoms with E-state index < -0.39 is 0 Å². The number of rotatable bonds is 2. The van der Waals surface area contributed by atoms with Gasteiger partial charge in [-0.15, -0.1) is 0 Å². The summed E-state index contributed by atoms with van der Waals surface area (Å²) in [4.78, 5) is 10.8. The molecule has 0 unspecified atom stereocenters. The topological polar surface area (TPSA) is 55.1 Å². The Bertz CT molecular complexity index is 189. The second kappa shape index (κ2) is 3.05. The minimum absolute atomic E-state index is 0.0588. The van der Waals surface area contributed by atoms with Crippen molar-refractivity contribution in [3.63, 3.8) is 0 Å². The molecule has 1 fully saturated rings. The zero-order valence-corrected chi connectivity index (χ0v) is 8.05. The van der Waals surface area contributed by atoms with Gasteiger partial charge in [0.2, 0.25) is 5.91 Å². The van der Waals surface area contributed by atoms with Crippen LogP contribution in [0.4, 0.5) is 0 Å². The molecule has 1 rings (SSSR count). The number of amides is 1. The van der Waals surface area contributed by atoms with Crippen LogP contribution in [0, 0.1) is 11.3 Å². The fraction of sp³-hybridized carbons (Fsp3) is 0.889. The van der Waals surface area contributed by atoms with Crippen LogP contribution in [0.1, 0.15) is 27.2 Å². The maximum absolute atomic E-state index is 10.8. The highest BCUT2D eigenvalue weighted by atomic mass is 16.1. The molecule has 0 aromatic rings. The molecule has 0 heterocycles. The first-order valence-electron chi connectivity index (χ1n) is 4.45. The van der Waals surface area contributed by atoms with Crippen LogP contribution in [0.3, 0.4) is 0 Å². The van der Waals surface area contributed by atoms with Crippen LogP contribution < -0.4 is 11.1 Å². The van der Waals surface area contributed by atoms with Crippen LogP contribution in [0.25, 0.3) is 0 Å². The predicted octanol–water partition coefficient (Wildman–Crippen LogP) is 0.496. The molecule has 3 N–H and O–H groups in total. The van der Waals surface area contributed by atoms with E-state index in [0.29, 0.717) is 12.0 Å². The summed E-state index contributed by atoms with van der Waals surface area (Å²) in [5.41, 5.74) is 5.77. The first-order valence-corrected chi connectivity index (χ1v) is 4.45. The Balaban J connectivity index is 2.47. The third-order valence-corrected chi connectivity index (χ3v) is 3.13. The van der Waals surface area contributed by atoms with Crippen LogP contribution in [0.5, 0.6) is 0 Å². The summed E-state index contributed by atoms with van der Waals surface area (Å²) in [6.45, 7) is 6.61. The van der Waals surface area contributed by atoms with Gasteiger partial charge in [0.1, 0.15) is 0 Å². The van der Waals surface area contributed by atoms with Crippen molar-refractivity contribution in [1.29, 1.82) is 0 Å². The van der Waals surface area contributed by atoms with E-state index >= 15 is 0 Å². The minimum Gasteiger partial charge on any atom is -0.353 e. The third kappa shape index (κ3) is 1.46. The fourth-order valence-corrected chi connectivity index (χ4v) is 1.91. The van der Waals surface area contributed by atoms with Gasteiger partial charge in [0.05, 0.1) is 0 Å². The molecule has 0 bridgehead atoms. The molecule has 3 nitrogen and oxygen atoms in total. The number of hydrogen-bond donors (Lipinski definition) is 2. The first kappa shape index (κ1) is 9.52. The van der Waals surface area contributed by atoms with Gasteiger partial charge in [0, 0.05) is 13.0 Å². The monoisotopic (exact) mass is 170 g/mol. The number of hydrogen-bond acceptors (Lipinski definition) is 2. The third-order valence-electron chi connectivity index (χ3n) is 3.13. The van der Waals surface area contributed by atoms with Crippen molar-refractivity contribution in [2.75, 3.05) is 6.54 Å². The van der Waals surface area contributed by atoms with Crippen molar-refractivity contribution < 1.29 is 4.79 Å². The van der Waals surface area contributed by atoms with Gasteiger partial charge in [-0.1, -0.05) is 13.8 Å². The van der Waals surface area contributed by atoms with E-state index in [0.717, 1.165) is 13.0 Å². The highest BCUT2D eigenvalue weighted by molar-refractivity contribution is 5.73. The summed E-state index contributed by atoms with van der Waals surface area (Å²) in [5.74, 6) is 0.623. The van der Waals surface area contributed by atoms with Gasteiger partial charge in [-0.2, -0.15) is 0 Å². The zero-order chi connectivity index (χ0) is 9.35. The molecule has 1 aliphatic carbocycles.